The molecule has 0 aliphatic carbocycles. The smallest absolute Gasteiger partial charge is 0.270 e. The maximum Gasteiger partial charge on any atom is 0.270 e. The van der Waals surface area contributed by atoms with Crippen LogP contribution in [0.25, 0.3) is 0 Å². The predicted octanol–water partition coefficient (Wildman–Crippen LogP) is 1.22. The molecule has 4 N–H and O–H groups in total. The van der Waals surface area contributed by atoms with Gasteiger partial charge in [0.25, 0.3) is 11.8 Å². The average Bonchev–Trinajstić information content (AvgIpc) is 2.93. The lowest BCUT2D eigenvalue weighted by Crippen LogP contribution is -2.29. The monoisotopic (exact) mass is 308 g/mol. The molecule has 8 heteroatoms. The maximum atomic E-state index is 13.0. The van der Waals surface area contributed by atoms with E-state index in [-0.39, 0.29) is 22.3 Å². The van der Waals surface area contributed by atoms with E-state index < -0.39 is 11.7 Å². The summed E-state index contributed by atoms with van der Waals surface area (Å²) >= 11 is 1.11. The molecule has 0 fully saturated rings. The fourth-order valence-corrected chi connectivity index (χ4v) is 2.20. The standard InChI is InChI=1S/C13H13FN4O2S/c14-9-3-1-2-8(6-9)11(19)18-13-17-10(7-21-13)12(20)16-5-4-15/h1-3,6-7H,4-5,15H2,(H,16,20)(H,17,18,19). The predicted molar refractivity (Wildman–Crippen MR) is 77.9 cm³/mol. The van der Waals surface area contributed by atoms with Crippen molar-refractivity contribution < 1.29 is 14.0 Å². The van der Waals surface area contributed by atoms with Crippen LogP contribution in [0.5, 0.6) is 0 Å². The number of carbonyl (C=O) groups excluding carboxylic acids is 2. The molecular weight excluding hydrogens is 295 g/mol. The second kappa shape index (κ2) is 6.91. The third-order valence-corrected chi connectivity index (χ3v) is 3.23. The van der Waals surface area contributed by atoms with Crippen LogP contribution in [-0.4, -0.2) is 29.9 Å². The van der Waals surface area contributed by atoms with Crippen LogP contribution >= 0.6 is 11.3 Å². The van der Waals surface area contributed by atoms with Crippen LogP contribution in [-0.2, 0) is 0 Å². The van der Waals surface area contributed by atoms with E-state index in [4.69, 9.17) is 5.73 Å². The second-order valence-corrected chi connectivity index (χ2v) is 4.91. The third kappa shape index (κ3) is 4.07. The Balaban J connectivity index is 2.02. The first kappa shape index (κ1) is 15.1. The second-order valence-electron chi connectivity index (χ2n) is 4.05. The summed E-state index contributed by atoms with van der Waals surface area (Å²) in [5, 5.41) is 6.87. The minimum absolute atomic E-state index is 0.180. The van der Waals surface area contributed by atoms with E-state index in [9.17, 15) is 14.0 Å². The molecule has 0 saturated heterocycles. The van der Waals surface area contributed by atoms with Crippen LogP contribution in [0.15, 0.2) is 29.6 Å². The first-order chi connectivity index (χ1) is 10.1. The molecule has 1 heterocycles. The van der Waals surface area contributed by atoms with Crippen molar-refractivity contribution >= 4 is 28.3 Å². The molecule has 0 spiro atoms. The van der Waals surface area contributed by atoms with Gasteiger partial charge in [-0.3, -0.25) is 14.9 Å². The van der Waals surface area contributed by atoms with Gasteiger partial charge in [-0.25, -0.2) is 9.37 Å². The van der Waals surface area contributed by atoms with Crippen molar-refractivity contribution in [3.8, 4) is 0 Å². The van der Waals surface area contributed by atoms with E-state index in [0.29, 0.717) is 13.1 Å². The Morgan fingerprint density at radius 2 is 2.14 bits per heavy atom. The summed E-state index contributed by atoms with van der Waals surface area (Å²) in [4.78, 5) is 27.5. The van der Waals surface area contributed by atoms with E-state index >= 15 is 0 Å². The van der Waals surface area contributed by atoms with Gasteiger partial charge >= 0.3 is 0 Å². The minimum atomic E-state index is -0.497. The number of halogens is 1. The average molecular weight is 308 g/mol. The topological polar surface area (TPSA) is 97.1 Å². The molecule has 0 aliphatic heterocycles. The number of carbonyl (C=O) groups is 2. The number of amides is 2. The van der Waals surface area contributed by atoms with Gasteiger partial charge in [0, 0.05) is 24.0 Å². The molecule has 0 bridgehead atoms. The minimum Gasteiger partial charge on any atom is -0.349 e. The molecule has 2 rings (SSSR count). The summed E-state index contributed by atoms with van der Waals surface area (Å²) in [6, 6.07) is 5.30. The molecule has 0 saturated carbocycles. The summed E-state index contributed by atoms with van der Waals surface area (Å²) in [6.07, 6.45) is 0. The zero-order valence-electron chi connectivity index (χ0n) is 10.9. The molecular formula is C13H13FN4O2S. The fraction of sp³-hybridized carbons (Fsp3) is 0.154. The molecule has 2 aromatic rings. The molecule has 110 valence electrons. The van der Waals surface area contributed by atoms with Crippen molar-refractivity contribution in [2.45, 2.75) is 0 Å². The number of nitrogens with zero attached hydrogens (tertiary/aromatic N) is 1. The van der Waals surface area contributed by atoms with Crippen LogP contribution in [0.4, 0.5) is 9.52 Å². The Morgan fingerprint density at radius 3 is 2.86 bits per heavy atom. The summed E-state index contributed by atoms with van der Waals surface area (Å²) in [5.74, 6) is -1.34. The van der Waals surface area contributed by atoms with Gasteiger partial charge in [0.15, 0.2) is 5.13 Å². The quantitative estimate of drug-likeness (QED) is 0.773. The molecule has 0 unspecified atom stereocenters. The number of thiazole rings is 1. The molecule has 0 aliphatic rings. The van der Waals surface area contributed by atoms with Crippen LogP contribution in [0.3, 0.4) is 0 Å². The maximum absolute atomic E-state index is 13.0. The van der Waals surface area contributed by atoms with Gasteiger partial charge in [0.2, 0.25) is 0 Å². The number of aromatic nitrogens is 1. The Labute approximate surface area is 124 Å². The Bertz CT molecular complexity index is 659. The first-order valence-electron chi connectivity index (χ1n) is 6.11. The van der Waals surface area contributed by atoms with E-state index in [0.717, 1.165) is 17.4 Å². The summed E-state index contributed by atoms with van der Waals surface area (Å²) in [5.41, 5.74) is 5.66. The summed E-state index contributed by atoms with van der Waals surface area (Å²) < 4.78 is 13.0. The van der Waals surface area contributed by atoms with Crippen molar-refractivity contribution in [2.75, 3.05) is 18.4 Å². The van der Waals surface area contributed by atoms with Gasteiger partial charge < -0.3 is 11.1 Å². The lowest BCUT2D eigenvalue weighted by molar-refractivity contribution is 0.0949. The highest BCUT2D eigenvalue weighted by Gasteiger charge is 2.13. The highest BCUT2D eigenvalue weighted by atomic mass is 32.1. The SMILES string of the molecule is NCCNC(=O)c1csc(NC(=O)c2cccc(F)c2)n1. The summed E-state index contributed by atoms with van der Waals surface area (Å²) in [7, 11) is 0. The van der Waals surface area contributed by atoms with Gasteiger partial charge in [-0.1, -0.05) is 6.07 Å². The van der Waals surface area contributed by atoms with E-state index in [1.165, 1.54) is 23.6 Å². The normalized spacial score (nSPS) is 10.2. The number of hydrogen-bond donors (Lipinski definition) is 3. The number of anilines is 1. The Morgan fingerprint density at radius 1 is 1.33 bits per heavy atom. The number of nitrogens with two attached hydrogens (primary N) is 1. The lowest BCUT2D eigenvalue weighted by atomic mass is 10.2. The van der Waals surface area contributed by atoms with E-state index in [2.05, 4.69) is 15.6 Å². The Hall–Kier alpha value is -2.32. The molecule has 1 aromatic carbocycles. The van der Waals surface area contributed by atoms with Crippen molar-refractivity contribution in [1.29, 1.82) is 0 Å². The van der Waals surface area contributed by atoms with Gasteiger partial charge in [-0.15, -0.1) is 11.3 Å². The zero-order valence-corrected chi connectivity index (χ0v) is 11.7. The Kier molecular flexibility index (Phi) is 4.96. The highest BCUT2D eigenvalue weighted by Crippen LogP contribution is 2.16. The number of hydrogen-bond acceptors (Lipinski definition) is 5. The van der Waals surface area contributed by atoms with Crippen LogP contribution in [0, 0.1) is 5.82 Å². The molecule has 1 aromatic heterocycles. The van der Waals surface area contributed by atoms with Crippen LogP contribution in [0.1, 0.15) is 20.8 Å². The highest BCUT2D eigenvalue weighted by molar-refractivity contribution is 7.14. The zero-order chi connectivity index (χ0) is 15.2. The van der Waals surface area contributed by atoms with Gasteiger partial charge in [-0.05, 0) is 18.2 Å². The van der Waals surface area contributed by atoms with Crippen molar-refractivity contribution in [2.24, 2.45) is 5.73 Å². The fourth-order valence-electron chi connectivity index (χ4n) is 1.51. The van der Waals surface area contributed by atoms with Crippen molar-refractivity contribution in [3.05, 3.63) is 46.7 Å². The molecule has 21 heavy (non-hydrogen) atoms. The van der Waals surface area contributed by atoms with Crippen molar-refractivity contribution in [1.82, 2.24) is 10.3 Å². The third-order valence-electron chi connectivity index (χ3n) is 2.47. The molecule has 2 amide bonds. The van der Waals surface area contributed by atoms with E-state index in [1.54, 1.807) is 0 Å². The summed E-state index contributed by atoms with van der Waals surface area (Å²) in [6.45, 7) is 0.681. The largest absolute Gasteiger partial charge is 0.349 e. The molecule has 0 radical (unpaired) electrons. The number of rotatable bonds is 5. The van der Waals surface area contributed by atoms with Crippen LogP contribution in [0.2, 0.25) is 0 Å². The van der Waals surface area contributed by atoms with Gasteiger partial charge in [0.1, 0.15) is 11.5 Å². The van der Waals surface area contributed by atoms with Gasteiger partial charge in [-0.2, -0.15) is 0 Å². The number of benzene rings is 1. The number of nitrogens with one attached hydrogen (secondary N) is 2. The first-order valence-corrected chi connectivity index (χ1v) is 6.99. The van der Waals surface area contributed by atoms with E-state index in [1.807, 2.05) is 0 Å². The van der Waals surface area contributed by atoms with Crippen LogP contribution < -0.4 is 16.4 Å². The van der Waals surface area contributed by atoms with Gasteiger partial charge in [0.05, 0.1) is 0 Å². The molecule has 6 nitrogen and oxygen atoms in total. The van der Waals surface area contributed by atoms with Crippen molar-refractivity contribution in [3.63, 3.8) is 0 Å². The lowest BCUT2D eigenvalue weighted by Gasteiger charge is -2.02. The molecule has 0 atom stereocenters.